The lowest BCUT2D eigenvalue weighted by atomic mass is 10.2. The quantitative estimate of drug-likeness (QED) is 0.340. The zero-order chi connectivity index (χ0) is 21.2. The van der Waals surface area contributed by atoms with Crippen molar-refractivity contribution in [2.75, 3.05) is 0 Å². The molecular weight excluding hydrogens is 392 g/mol. The van der Waals surface area contributed by atoms with Crippen LogP contribution in [0.4, 0.5) is 0 Å². The molecule has 0 saturated heterocycles. The number of para-hydroxylation sites is 2. The summed E-state index contributed by atoms with van der Waals surface area (Å²) in [4.78, 5) is 31.8. The number of aromatic nitrogens is 1. The minimum Gasteiger partial charge on any atom is -0.426 e. The Labute approximate surface area is 179 Å². The van der Waals surface area contributed by atoms with E-state index in [1.54, 1.807) is 24.3 Å². The number of ether oxygens (including phenoxy) is 1. The average molecular weight is 412 g/mol. The molecule has 1 amide bonds. The van der Waals surface area contributed by atoms with E-state index in [0.29, 0.717) is 11.4 Å². The summed E-state index contributed by atoms with van der Waals surface area (Å²) in [6.45, 7) is 0.222. The van der Waals surface area contributed by atoms with Crippen molar-refractivity contribution in [1.82, 2.24) is 9.63 Å². The lowest BCUT2D eigenvalue weighted by molar-refractivity contribution is -0.173. The third-order valence-electron chi connectivity index (χ3n) is 5.27. The molecule has 5 rings (SSSR count). The number of nitrogens with zero attached hydrogens (tertiary/aromatic N) is 2. The first-order valence-electron chi connectivity index (χ1n) is 10.1. The van der Waals surface area contributed by atoms with Gasteiger partial charge in [-0.1, -0.05) is 66.7 Å². The molecule has 0 N–H and O–H groups in total. The van der Waals surface area contributed by atoms with Crippen LogP contribution in [0.2, 0.25) is 0 Å². The summed E-state index contributed by atoms with van der Waals surface area (Å²) in [6.07, 6.45) is -0.677. The molecule has 1 aliphatic rings. The number of fused-ring (bicyclic) bond motifs is 3. The number of hydroxylamine groups is 2. The summed E-state index contributed by atoms with van der Waals surface area (Å²) in [7, 11) is 0. The van der Waals surface area contributed by atoms with Crippen LogP contribution in [0.5, 0.6) is 5.75 Å². The van der Waals surface area contributed by atoms with Crippen molar-refractivity contribution in [3.8, 4) is 5.75 Å². The predicted molar refractivity (Wildman–Crippen MR) is 115 cm³/mol. The Morgan fingerprint density at radius 1 is 0.871 bits per heavy atom. The smallest absolute Gasteiger partial charge is 0.315 e. The number of rotatable bonds is 6. The molecule has 2 heterocycles. The zero-order valence-electron chi connectivity index (χ0n) is 16.7. The highest BCUT2D eigenvalue weighted by Gasteiger charge is 2.40. The minimum absolute atomic E-state index is 0.0406. The molecule has 1 atom stereocenters. The highest BCUT2D eigenvalue weighted by molar-refractivity contribution is 6.01. The van der Waals surface area contributed by atoms with Gasteiger partial charge in [0.1, 0.15) is 24.2 Å². The van der Waals surface area contributed by atoms with Crippen LogP contribution in [0, 0.1) is 0 Å². The van der Waals surface area contributed by atoms with E-state index in [1.807, 2.05) is 71.3 Å². The van der Waals surface area contributed by atoms with Crippen molar-refractivity contribution in [2.24, 2.45) is 0 Å². The number of carbonyl (C=O) groups is 2. The van der Waals surface area contributed by atoms with Crippen LogP contribution in [-0.4, -0.2) is 21.5 Å². The fraction of sp³-hybridized carbons (Fsp3) is 0.120. The highest BCUT2D eigenvalue weighted by Crippen LogP contribution is 2.36. The van der Waals surface area contributed by atoms with Crippen LogP contribution in [0.1, 0.15) is 28.6 Å². The summed E-state index contributed by atoms with van der Waals surface area (Å²) >= 11 is 0. The summed E-state index contributed by atoms with van der Waals surface area (Å²) in [5.41, 5.74) is 2.29. The standard InChI is InChI=1S/C25H20N2O4/c28-24(31-20-12-5-2-6-13-20)16-23-26-21-14-8-7-11-19(21)15-22(26)25(29)27(23)30-17-18-9-3-1-4-10-18/h1-15,23H,16-17H2. The van der Waals surface area contributed by atoms with E-state index in [9.17, 15) is 9.59 Å². The van der Waals surface area contributed by atoms with Gasteiger partial charge in [-0.2, -0.15) is 5.06 Å². The third kappa shape index (κ3) is 3.69. The van der Waals surface area contributed by atoms with E-state index in [4.69, 9.17) is 9.57 Å². The first-order valence-corrected chi connectivity index (χ1v) is 10.1. The number of hydrogen-bond acceptors (Lipinski definition) is 4. The van der Waals surface area contributed by atoms with E-state index >= 15 is 0 Å². The van der Waals surface area contributed by atoms with E-state index in [1.165, 1.54) is 5.06 Å². The molecule has 1 aliphatic heterocycles. The second kappa shape index (κ2) is 8.08. The van der Waals surface area contributed by atoms with E-state index in [2.05, 4.69) is 0 Å². The Morgan fingerprint density at radius 2 is 1.55 bits per heavy atom. The number of benzene rings is 3. The van der Waals surface area contributed by atoms with Crippen molar-refractivity contribution in [2.45, 2.75) is 19.2 Å². The maximum Gasteiger partial charge on any atom is 0.315 e. The second-order valence-corrected chi connectivity index (χ2v) is 7.32. The van der Waals surface area contributed by atoms with E-state index < -0.39 is 12.1 Å². The van der Waals surface area contributed by atoms with Gasteiger partial charge in [0.25, 0.3) is 5.91 Å². The first-order chi connectivity index (χ1) is 15.2. The van der Waals surface area contributed by atoms with Crippen LogP contribution in [0.25, 0.3) is 10.9 Å². The second-order valence-electron chi connectivity index (χ2n) is 7.32. The third-order valence-corrected chi connectivity index (χ3v) is 5.27. The topological polar surface area (TPSA) is 60.8 Å². The molecule has 154 valence electrons. The molecule has 0 radical (unpaired) electrons. The molecule has 1 unspecified atom stereocenters. The Morgan fingerprint density at radius 3 is 2.32 bits per heavy atom. The maximum atomic E-state index is 13.2. The number of hydrogen-bond donors (Lipinski definition) is 0. The van der Waals surface area contributed by atoms with Crippen molar-refractivity contribution in [3.05, 3.63) is 102 Å². The van der Waals surface area contributed by atoms with E-state index in [0.717, 1.165) is 16.5 Å². The molecule has 0 spiro atoms. The molecule has 0 aliphatic carbocycles. The predicted octanol–water partition coefficient (Wildman–Crippen LogP) is 4.72. The summed E-state index contributed by atoms with van der Waals surface area (Å²) in [5, 5.41) is 2.23. The fourth-order valence-corrected chi connectivity index (χ4v) is 3.86. The van der Waals surface area contributed by atoms with Gasteiger partial charge in [-0.05, 0) is 29.8 Å². The molecule has 31 heavy (non-hydrogen) atoms. The Kier molecular flexibility index (Phi) is 4.98. The van der Waals surface area contributed by atoms with Gasteiger partial charge in [0, 0.05) is 5.39 Å². The molecule has 0 bridgehead atoms. The van der Waals surface area contributed by atoms with Crippen LogP contribution in [-0.2, 0) is 16.2 Å². The molecule has 0 fully saturated rings. The SMILES string of the molecule is O=C(CC1N(OCc2ccccc2)C(=O)c2cc3ccccc3n21)Oc1ccccc1. The number of amides is 1. The summed E-state index contributed by atoms with van der Waals surface area (Å²) < 4.78 is 7.34. The lowest BCUT2D eigenvalue weighted by Gasteiger charge is -2.25. The van der Waals surface area contributed by atoms with Gasteiger partial charge in [-0.3, -0.25) is 14.4 Å². The van der Waals surface area contributed by atoms with E-state index in [-0.39, 0.29) is 18.9 Å². The first kappa shape index (κ1) is 19.1. The average Bonchev–Trinajstić information content (AvgIpc) is 3.29. The molecule has 6 heteroatoms. The van der Waals surface area contributed by atoms with Gasteiger partial charge in [0.2, 0.25) is 0 Å². The monoisotopic (exact) mass is 412 g/mol. The van der Waals surface area contributed by atoms with Gasteiger partial charge < -0.3 is 9.30 Å². The normalized spacial score (nSPS) is 15.3. The van der Waals surface area contributed by atoms with Gasteiger partial charge in [-0.25, -0.2) is 0 Å². The number of carbonyl (C=O) groups excluding carboxylic acids is 2. The Hall–Kier alpha value is -3.90. The van der Waals surface area contributed by atoms with Gasteiger partial charge in [-0.15, -0.1) is 0 Å². The van der Waals surface area contributed by atoms with Gasteiger partial charge in [0.15, 0.2) is 0 Å². The Bertz CT molecular complexity index is 1230. The van der Waals surface area contributed by atoms with Gasteiger partial charge in [0.05, 0.1) is 11.9 Å². The summed E-state index contributed by atoms with van der Waals surface area (Å²) in [5.74, 6) is -0.251. The van der Waals surface area contributed by atoms with Crippen molar-refractivity contribution < 1.29 is 19.2 Å². The molecule has 0 saturated carbocycles. The molecule has 1 aromatic heterocycles. The largest absolute Gasteiger partial charge is 0.426 e. The van der Waals surface area contributed by atoms with Gasteiger partial charge >= 0.3 is 5.97 Å². The van der Waals surface area contributed by atoms with Crippen LogP contribution in [0.15, 0.2) is 91.0 Å². The zero-order valence-corrected chi connectivity index (χ0v) is 16.7. The van der Waals surface area contributed by atoms with Crippen molar-refractivity contribution >= 4 is 22.8 Å². The minimum atomic E-state index is -0.637. The highest BCUT2D eigenvalue weighted by atomic mass is 16.7. The maximum absolute atomic E-state index is 13.2. The molecular formula is C25H20N2O4. The molecule has 3 aromatic carbocycles. The lowest BCUT2D eigenvalue weighted by Crippen LogP contribution is -2.32. The van der Waals surface area contributed by atoms with Crippen LogP contribution in [0.3, 0.4) is 0 Å². The number of esters is 1. The molecule has 4 aromatic rings. The van der Waals surface area contributed by atoms with Crippen molar-refractivity contribution in [1.29, 1.82) is 0 Å². The fourth-order valence-electron chi connectivity index (χ4n) is 3.86. The molecule has 6 nitrogen and oxygen atoms in total. The van der Waals surface area contributed by atoms with Crippen LogP contribution >= 0.6 is 0 Å². The van der Waals surface area contributed by atoms with Crippen LogP contribution < -0.4 is 4.74 Å². The Balaban J connectivity index is 1.44. The van der Waals surface area contributed by atoms with Crippen molar-refractivity contribution in [3.63, 3.8) is 0 Å². The summed E-state index contributed by atoms with van der Waals surface area (Å²) in [6, 6.07) is 28.0.